The van der Waals surface area contributed by atoms with E-state index in [4.69, 9.17) is 9.47 Å². The number of rotatable bonds is 5. The van der Waals surface area contributed by atoms with Crippen molar-refractivity contribution in [2.45, 2.75) is 12.2 Å². The SMILES string of the molecule is O=C([O-])[C@@H]1[C@H](C(=O)Nc2ccccc2Oc2ccccc2)[C@H]2C=C[C@@H]1O2. The van der Waals surface area contributed by atoms with Crippen molar-refractivity contribution in [2.75, 3.05) is 5.32 Å². The first-order valence-electron chi connectivity index (χ1n) is 8.31. The quantitative estimate of drug-likeness (QED) is 0.830. The van der Waals surface area contributed by atoms with Gasteiger partial charge in [0.15, 0.2) is 5.75 Å². The summed E-state index contributed by atoms with van der Waals surface area (Å²) in [6.07, 6.45) is 2.23. The molecule has 0 spiro atoms. The van der Waals surface area contributed by atoms with E-state index in [2.05, 4.69) is 5.32 Å². The van der Waals surface area contributed by atoms with Crippen LogP contribution in [0, 0.1) is 11.8 Å². The van der Waals surface area contributed by atoms with Crippen LogP contribution in [0.15, 0.2) is 66.7 Å². The van der Waals surface area contributed by atoms with Crippen LogP contribution in [0.25, 0.3) is 0 Å². The number of aliphatic carboxylic acids is 1. The number of carbonyl (C=O) groups is 2. The third-order valence-electron chi connectivity index (χ3n) is 4.59. The zero-order chi connectivity index (χ0) is 18.1. The number of carboxylic acids is 1. The van der Waals surface area contributed by atoms with E-state index in [1.54, 1.807) is 48.6 Å². The number of anilines is 1. The summed E-state index contributed by atoms with van der Waals surface area (Å²) in [7, 11) is 0. The minimum atomic E-state index is -1.28. The lowest BCUT2D eigenvalue weighted by Crippen LogP contribution is -2.45. The van der Waals surface area contributed by atoms with Gasteiger partial charge in [0, 0.05) is 11.9 Å². The Labute approximate surface area is 150 Å². The number of hydrogen-bond acceptors (Lipinski definition) is 5. The van der Waals surface area contributed by atoms with Gasteiger partial charge >= 0.3 is 0 Å². The Balaban J connectivity index is 1.55. The van der Waals surface area contributed by atoms with E-state index in [-0.39, 0.29) is 0 Å². The molecule has 26 heavy (non-hydrogen) atoms. The maximum atomic E-state index is 12.8. The van der Waals surface area contributed by atoms with Crippen LogP contribution in [0.4, 0.5) is 5.69 Å². The van der Waals surface area contributed by atoms with Crippen LogP contribution in [0.3, 0.4) is 0 Å². The Morgan fingerprint density at radius 2 is 1.58 bits per heavy atom. The van der Waals surface area contributed by atoms with Crippen LogP contribution in [0.2, 0.25) is 0 Å². The standard InChI is InChI=1S/C20H17NO5/c22-19(17-15-10-11-16(26-15)18(17)20(23)24)21-13-8-4-5-9-14(13)25-12-6-2-1-3-7-12/h1-11,15-18H,(H,21,22)(H,23,24)/p-1/t15-,16+,17-,18+/m1/s1. The van der Waals surface area contributed by atoms with Crippen LogP contribution >= 0.6 is 0 Å². The molecule has 1 N–H and O–H groups in total. The summed E-state index contributed by atoms with van der Waals surface area (Å²) in [5, 5.41) is 14.2. The number of fused-ring (bicyclic) bond motifs is 2. The fourth-order valence-electron chi connectivity index (χ4n) is 3.39. The van der Waals surface area contributed by atoms with Gasteiger partial charge in [-0.25, -0.2) is 0 Å². The maximum Gasteiger partial charge on any atom is 0.231 e. The molecular weight excluding hydrogens is 334 g/mol. The topological polar surface area (TPSA) is 87.7 Å². The molecule has 0 radical (unpaired) electrons. The predicted molar refractivity (Wildman–Crippen MR) is 91.4 cm³/mol. The van der Waals surface area contributed by atoms with Crippen molar-refractivity contribution >= 4 is 17.6 Å². The summed E-state index contributed by atoms with van der Waals surface area (Å²) in [4.78, 5) is 24.2. The first-order valence-corrected chi connectivity index (χ1v) is 8.31. The Bertz CT molecular complexity index is 864. The van der Waals surface area contributed by atoms with Gasteiger partial charge in [-0.15, -0.1) is 0 Å². The van der Waals surface area contributed by atoms with E-state index in [0.29, 0.717) is 17.2 Å². The third-order valence-corrected chi connectivity index (χ3v) is 4.59. The minimum Gasteiger partial charge on any atom is -0.550 e. The zero-order valence-electron chi connectivity index (χ0n) is 13.7. The van der Waals surface area contributed by atoms with E-state index >= 15 is 0 Å². The van der Waals surface area contributed by atoms with Crippen LogP contribution in [-0.2, 0) is 14.3 Å². The summed E-state index contributed by atoms with van der Waals surface area (Å²) < 4.78 is 11.3. The highest BCUT2D eigenvalue weighted by atomic mass is 16.5. The lowest BCUT2D eigenvalue weighted by Gasteiger charge is -2.25. The predicted octanol–water partition coefficient (Wildman–Crippen LogP) is 1.74. The second kappa shape index (κ2) is 6.65. The lowest BCUT2D eigenvalue weighted by atomic mass is 9.82. The molecule has 2 aliphatic heterocycles. The second-order valence-electron chi connectivity index (χ2n) is 6.22. The van der Waals surface area contributed by atoms with Crippen LogP contribution in [0.5, 0.6) is 11.5 Å². The van der Waals surface area contributed by atoms with Crippen LogP contribution in [-0.4, -0.2) is 24.1 Å². The van der Waals surface area contributed by atoms with E-state index in [0.717, 1.165) is 0 Å². The molecule has 1 amide bonds. The van der Waals surface area contributed by atoms with Gasteiger partial charge in [-0.1, -0.05) is 42.5 Å². The van der Waals surface area contributed by atoms with Crippen molar-refractivity contribution in [3.05, 3.63) is 66.7 Å². The number of nitrogens with one attached hydrogen (secondary N) is 1. The molecule has 4 atom stereocenters. The molecule has 2 aliphatic rings. The Hall–Kier alpha value is -3.12. The highest BCUT2D eigenvalue weighted by Gasteiger charge is 2.50. The number of hydrogen-bond donors (Lipinski definition) is 1. The number of para-hydroxylation sites is 3. The first kappa shape index (κ1) is 16.4. The van der Waals surface area contributed by atoms with E-state index < -0.39 is 35.9 Å². The average Bonchev–Trinajstić information content (AvgIpc) is 3.25. The maximum absolute atomic E-state index is 12.8. The molecule has 132 valence electrons. The summed E-state index contributed by atoms with van der Waals surface area (Å²) in [5.74, 6) is -2.44. The Morgan fingerprint density at radius 3 is 2.31 bits per heavy atom. The largest absolute Gasteiger partial charge is 0.550 e. The first-order chi connectivity index (χ1) is 12.6. The smallest absolute Gasteiger partial charge is 0.231 e. The molecule has 6 nitrogen and oxygen atoms in total. The van der Waals surface area contributed by atoms with Gasteiger partial charge in [0.05, 0.1) is 23.8 Å². The van der Waals surface area contributed by atoms with Crippen LogP contribution in [0.1, 0.15) is 0 Å². The number of carbonyl (C=O) groups excluding carboxylic acids is 2. The molecule has 2 aromatic carbocycles. The minimum absolute atomic E-state index is 0.430. The van der Waals surface area contributed by atoms with E-state index in [1.807, 2.05) is 18.2 Å². The van der Waals surface area contributed by atoms with Gasteiger partial charge in [-0.2, -0.15) is 0 Å². The third kappa shape index (κ3) is 2.95. The van der Waals surface area contributed by atoms with Gasteiger partial charge in [-0.3, -0.25) is 4.79 Å². The number of benzene rings is 2. The highest BCUT2D eigenvalue weighted by Crippen LogP contribution is 2.40. The van der Waals surface area contributed by atoms with Gasteiger partial charge in [0.25, 0.3) is 0 Å². The fraction of sp³-hybridized carbons (Fsp3) is 0.200. The molecule has 1 fully saturated rings. The average molecular weight is 350 g/mol. The molecule has 2 aromatic rings. The summed E-state index contributed by atoms with van der Waals surface area (Å²) in [6, 6.07) is 16.2. The van der Waals surface area contributed by atoms with Gasteiger partial charge in [0.1, 0.15) is 5.75 Å². The normalized spacial score (nSPS) is 25.8. The highest BCUT2D eigenvalue weighted by molar-refractivity contribution is 5.97. The molecule has 1 saturated heterocycles. The van der Waals surface area contributed by atoms with Crippen molar-refractivity contribution < 1.29 is 24.2 Å². The van der Waals surface area contributed by atoms with Crippen molar-refractivity contribution in [2.24, 2.45) is 11.8 Å². The summed E-state index contributed by atoms with van der Waals surface area (Å²) in [5.41, 5.74) is 0.463. The molecule has 0 unspecified atom stereocenters. The van der Waals surface area contributed by atoms with E-state index in [1.165, 1.54) is 0 Å². The van der Waals surface area contributed by atoms with Gasteiger partial charge in [-0.05, 0) is 24.3 Å². The Kier molecular flexibility index (Phi) is 4.18. The molecule has 4 rings (SSSR count). The van der Waals surface area contributed by atoms with Crippen LogP contribution < -0.4 is 15.2 Å². The van der Waals surface area contributed by atoms with Crippen molar-refractivity contribution in [1.29, 1.82) is 0 Å². The molecule has 0 aromatic heterocycles. The zero-order valence-corrected chi connectivity index (χ0v) is 13.7. The molecule has 6 heteroatoms. The van der Waals surface area contributed by atoms with Gasteiger partial charge < -0.3 is 24.7 Å². The van der Waals surface area contributed by atoms with Crippen molar-refractivity contribution in [3.8, 4) is 11.5 Å². The lowest BCUT2D eigenvalue weighted by molar-refractivity contribution is -0.313. The molecule has 0 aliphatic carbocycles. The number of ether oxygens (including phenoxy) is 2. The second-order valence-corrected chi connectivity index (χ2v) is 6.22. The fourth-order valence-corrected chi connectivity index (χ4v) is 3.39. The molecule has 2 bridgehead atoms. The molecule has 0 saturated carbocycles. The van der Waals surface area contributed by atoms with Crippen molar-refractivity contribution in [1.82, 2.24) is 0 Å². The summed E-state index contributed by atoms with van der Waals surface area (Å²) in [6.45, 7) is 0. The molecule has 2 heterocycles. The summed E-state index contributed by atoms with van der Waals surface area (Å²) >= 11 is 0. The van der Waals surface area contributed by atoms with Crippen molar-refractivity contribution in [3.63, 3.8) is 0 Å². The number of carboxylic acid groups (broad SMARTS) is 1. The number of amides is 1. The van der Waals surface area contributed by atoms with E-state index in [9.17, 15) is 14.7 Å². The monoisotopic (exact) mass is 350 g/mol. The Morgan fingerprint density at radius 1 is 0.923 bits per heavy atom. The van der Waals surface area contributed by atoms with Gasteiger partial charge in [0.2, 0.25) is 5.91 Å². The molecular formula is C20H16NO5-.